The van der Waals surface area contributed by atoms with Gasteiger partial charge in [-0.2, -0.15) is 0 Å². The first kappa shape index (κ1) is 17.4. The van der Waals surface area contributed by atoms with Crippen molar-refractivity contribution in [3.63, 3.8) is 0 Å². The average molecular weight is 364 g/mol. The number of nitrogens with one attached hydrogen (secondary N) is 1. The van der Waals surface area contributed by atoms with Crippen LogP contribution in [0.5, 0.6) is 0 Å². The molecule has 0 saturated carbocycles. The fourth-order valence-electron chi connectivity index (χ4n) is 2.61. The maximum absolute atomic E-state index is 12.3. The summed E-state index contributed by atoms with van der Waals surface area (Å²) in [5.74, 6) is -0.0926. The van der Waals surface area contributed by atoms with Gasteiger partial charge in [-0.05, 0) is 50.5 Å². The zero-order chi connectivity index (χ0) is 17.1. The van der Waals surface area contributed by atoms with Gasteiger partial charge in [-0.15, -0.1) is 11.3 Å². The summed E-state index contributed by atoms with van der Waals surface area (Å²) in [4.78, 5) is 17.9. The van der Waals surface area contributed by atoms with Crippen molar-refractivity contribution in [2.24, 2.45) is 5.73 Å². The van der Waals surface area contributed by atoms with Crippen LogP contribution in [-0.2, 0) is 9.53 Å². The fourth-order valence-corrected chi connectivity index (χ4v) is 4.51. The van der Waals surface area contributed by atoms with Crippen LogP contribution >= 0.6 is 23.1 Å². The molecule has 1 aromatic carbocycles. The Morgan fingerprint density at radius 3 is 2.92 bits per heavy atom. The van der Waals surface area contributed by atoms with Crippen molar-refractivity contribution in [2.75, 3.05) is 11.9 Å². The molecule has 0 unspecified atom stereocenters. The van der Waals surface area contributed by atoms with E-state index in [0.717, 1.165) is 39.0 Å². The highest BCUT2D eigenvalue weighted by Crippen LogP contribution is 2.32. The minimum absolute atomic E-state index is 0.00220. The molecule has 24 heavy (non-hydrogen) atoms. The molecular weight excluding hydrogens is 342 g/mol. The van der Waals surface area contributed by atoms with E-state index in [2.05, 4.69) is 16.4 Å². The second-order valence-corrected chi connectivity index (χ2v) is 8.06. The molecule has 0 spiro atoms. The predicted octanol–water partition coefficient (Wildman–Crippen LogP) is 3.36. The Morgan fingerprint density at radius 2 is 2.29 bits per heavy atom. The van der Waals surface area contributed by atoms with Crippen molar-refractivity contribution in [1.29, 1.82) is 0 Å². The van der Waals surface area contributed by atoms with Crippen LogP contribution in [0.15, 0.2) is 32.8 Å². The van der Waals surface area contributed by atoms with E-state index in [-0.39, 0.29) is 12.0 Å². The molecule has 7 heteroatoms. The number of rotatable bonds is 5. The fraction of sp³-hybridized carbons (Fsp3) is 0.412. The molecule has 0 aliphatic carbocycles. The van der Waals surface area contributed by atoms with Crippen LogP contribution in [0.1, 0.15) is 24.1 Å². The Balaban J connectivity index is 1.63. The minimum atomic E-state index is -0.398. The summed E-state index contributed by atoms with van der Waals surface area (Å²) < 4.78 is 6.67. The van der Waals surface area contributed by atoms with Gasteiger partial charge in [0.2, 0.25) is 0 Å². The average Bonchev–Trinajstić information content (AvgIpc) is 3.19. The Bertz CT molecular complexity index is 732. The summed E-state index contributed by atoms with van der Waals surface area (Å²) >= 11 is 3.27. The van der Waals surface area contributed by atoms with E-state index >= 15 is 0 Å². The minimum Gasteiger partial charge on any atom is -0.364 e. The quantitative estimate of drug-likeness (QED) is 0.852. The molecule has 1 amide bonds. The molecule has 3 N–H and O–H groups in total. The van der Waals surface area contributed by atoms with Gasteiger partial charge >= 0.3 is 0 Å². The number of anilines is 1. The maximum Gasteiger partial charge on any atom is 0.253 e. The summed E-state index contributed by atoms with van der Waals surface area (Å²) in [5, 5.41) is 5.01. The Morgan fingerprint density at radius 1 is 1.46 bits per heavy atom. The van der Waals surface area contributed by atoms with Crippen LogP contribution in [0.25, 0.3) is 0 Å². The molecule has 0 bridgehead atoms. The lowest BCUT2D eigenvalue weighted by Crippen LogP contribution is -2.30. The van der Waals surface area contributed by atoms with E-state index in [9.17, 15) is 4.79 Å². The number of amides is 1. The van der Waals surface area contributed by atoms with Crippen LogP contribution in [-0.4, -0.2) is 29.6 Å². The number of nitrogens with two attached hydrogens (primary N) is 1. The van der Waals surface area contributed by atoms with Crippen molar-refractivity contribution in [2.45, 2.75) is 48.1 Å². The van der Waals surface area contributed by atoms with Crippen LogP contribution in [0.3, 0.4) is 0 Å². The molecule has 1 aliphatic heterocycles. The number of aromatic nitrogens is 1. The van der Waals surface area contributed by atoms with Crippen LogP contribution < -0.4 is 11.1 Å². The van der Waals surface area contributed by atoms with Gasteiger partial charge in [0, 0.05) is 28.2 Å². The number of nitrogens with zero attached hydrogens (tertiary/aromatic N) is 1. The first-order chi connectivity index (χ1) is 11.5. The van der Waals surface area contributed by atoms with Gasteiger partial charge < -0.3 is 15.8 Å². The second-order valence-electron chi connectivity index (χ2n) is 5.88. The smallest absolute Gasteiger partial charge is 0.253 e. The number of thiazole rings is 1. The molecule has 128 valence electrons. The van der Waals surface area contributed by atoms with E-state index in [1.807, 2.05) is 31.4 Å². The van der Waals surface area contributed by atoms with Crippen molar-refractivity contribution < 1.29 is 9.53 Å². The standard InChI is InChI=1S/C17H21N3O2S2/c1-10-7-13(24-17-19-11(2)9-23-17)4-5-14(10)20-16(21)15-6-3-12(8-18)22-15/h4-5,7,9,12,15H,3,6,8,18H2,1-2H3,(H,20,21)/t12-,15+/m1/s1. The highest BCUT2D eigenvalue weighted by molar-refractivity contribution is 8.01. The lowest BCUT2D eigenvalue weighted by Gasteiger charge is -2.14. The molecule has 1 aromatic heterocycles. The molecule has 1 fully saturated rings. The highest BCUT2D eigenvalue weighted by Gasteiger charge is 2.30. The number of benzene rings is 1. The molecule has 0 radical (unpaired) electrons. The van der Waals surface area contributed by atoms with Crippen molar-refractivity contribution >= 4 is 34.7 Å². The summed E-state index contributed by atoms with van der Waals surface area (Å²) in [7, 11) is 0. The van der Waals surface area contributed by atoms with Gasteiger partial charge in [-0.3, -0.25) is 4.79 Å². The van der Waals surface area contributed by atoms with Gasteiger partial charge in [-0.25, -0.2) is 4.98 Å². The number of carbonyl (C=O) groups is 1. The molecule has 2 heterocycles. The Kier molecular flexibility index (Phi) is 5.55. The predicted molar refractivity (Wildman–Crippen MR) is 97.7 cm³/mol. The van der Waals surface area contributed by atoms with E-state index in [1.165, 1.54) is 0 Å². The van der Waals surface area contributed by atoms with E-state index in [1.54, 1.807) is 23.1 Å². The Hall–Kier alpha value is -1.41. The maximum atomic E-state index is 12.3. The van der Waals surface area contributed by atoms with E-state index in [0.29, 0.717) is 6.54 Å². The third kappa shape index (κ3) is 4.16. The lowest BCUT2D eigenvalue weighted by molar-refractivity contribution is -0.126. The zero-order valence-corrected chi connectivity index (χ0v) is 15.4. The van der Waals surface area contributed by atoms with Gasteiger partial charge in [0.05, 0.1) is 6.10 Å². The number of aryl methyl sites for hydroxylation is 2. The second kappa shape index (κ2) is 7.65. The van der Waals surface area contributed by atoms with E-state index in [4.69, 9.17) is 10.5 Å². The molecular formula is C17H21N3O2S2. The van der Waals surface area contributed by atoms with Gasteiger partial charge in [0.1, 0.15) is 6.10 Å². The van der Waals surface area contributed by atoms with Crippen molar-refractivity contribution in [3.8, 4) is 0 Å². The van der Waals surface area contributed by atoms with Crippen LogP contribution in [0, 0.1) is 13.8 Å². The molecule has 1 saturated heterocycles. The van der Waals surface area contributed by atoms with Crippen LogP contribution in [0.4, 0.5) is 5.69 Å². The molecule has 1 aliphatic rings. The first-order valence-electron chi connectivity index (χ1n) is 7.92. The monoisotopic (exact) mass is 363 g/mol. The summed E-state index contributed by atoms with van der Waals surface area (Å²) in [6.07, 6.45) is 1.17. The van der Waals surface area contributed by atoms with Gasteiger partial charge in [0.15, 0.2) is 4.34 Å². The summed E-state index contributed by atoms with van der Waals surface area (Å²) in [6, 6.07) is 6.00. The summed E-state index contributed by atoms with van der Waals surface area (Å²) in [6.45, 7) is 4.45. The molecule has 2 atom stereocenters. The summed E-state index contributed by atoms with van der Waals surface area (Å²) in [5.41, 5.74) is 8.47. The van der Waals surface area contributed by atoms with Crippen molar-refractivity contribution in [3.05, 3.63) is 34.8 Å². The normalized spacial score (nSPS) is 20.3. The first-order valence-corrected chi connectivity index (χ1v) is 9.62. The number of carbonyl (C=O) groups excluding carboxylic acids is 1. The largest absolute Gasteiger partial charge is 0.364 e. The third-order valence-electron chi connectivity index (χ3n) is 3.92. The van der Waals surface area contributed by atoms with Crippen LogP contribution in [0.2, 0.25) is 0 Å². The Labute approximate surface area is 150 Å². The highest BCUT2D eigenvalue weighted by atomic mass is 32.2. The molecule has 2 aromatic rings. The van der Waals surface area contributed by atoms with Gasteiger partial charge in [-0.1, -0.05) is 11.8 Å². The van der Waals surface area contributed by atoms with E-state index < -0.39 is 6.10 Å². The van der Waals surface area contributed by atoms with Crippen molar-refractivity contribution in [1.82, 2.24) is 4.98 Å². The molecule has 3 rings (SSSR count). The number of hydrogen-bond acceptors (Lipinski definition) is 6. The molecule has 5 nitrogen and oxygen atoms in total. The van der Waals surface area contributed by atoms with Gasteiger partial charge in [0.25, 0.3) is 5.91 Å². The zero-order valence-electron chi connectivity index (χ0n) is 13.7. The lowest BCUT2D eigenvalue weighted by atomic mass is 10.1. The number of ether oxygens (including phenoxy) is 1. The third-order valence-corrected chi connectivity index (χ3v) is 5.97. The SMILES string of the molecule is Cc1csc(Sc2ccc(NC(=O)[C@@H]3CC[C@H](CN)O3)c(C)c2)n1. The topological polar surface area (TPSA) is 77.2 Å². The number of hydrogen-bond donors (Lipinski definition) is 2.